The Morgan fingerprint density at radius 3 is 0.772 bits per heavy atom. The van der Waals surface area contributed by atoms with Gasteiger partial charge in [0.2, 0.25) is 0 Å². The standard InChI is InChI=1S/C48H29Cl4N5/c49-31-13-5-1-9-27(31)45-37-19-17-35(53-37)36-18-20-38(54-36)46(28-10-2-6-14-32(28)50)40-22-24-42(56-40)48(30-12-4-8-16-34(30)52)44-26-25-43(57-44)47(41-23-21-39(45)55-41)29-11-3-7-15-33(29)51/h1-26,53-54,57H. The molecule has 4 aromatic heterocycles. The van der Waals surface area contributed by atoms with Crippen LogP contribution < -0.4 is 0 Å². The molecule has 0 fully saturated rings. The number of rotatable bonds is 4. The second-order valence-corrected chi connectivity index (χ2v) is 15.3. The van der Waals surface area contributed by atoms with E-state index < -0.39 is 0 Å². The minimum atomic E-state index is 0.598. The van der Waals surface area contributed by atoms with Crippen molar-refractivity contribution >= 4 is 104 Å². The van der Waals surface area contributed by atoms with E-state index in [0.717, 1.165) is 100 Å². The van der Waals surface area contributed by atoms with E-state index in [9.17, 15) is 0 Å². The predicted octanol–water partition coefficient (Wildman–Crippen LogP) is 15.0. The Balaban J connectivity index is 1.42. The normalized spacial score (nSPS) is 12.1. The van der Waals surface area contributed by atoms with Crippen LogP contribution >= 0.6 is 46.4 Å². The van der Waals surface area contributed by atoms with Gasteiger partial charge < -0.3 is 15.0 Å². The minimum Gasteiger partial charge on any atom is -0.354 e. The SMILES string of the molecule is Clc1ccccc1-c1c2nc(c(-c3ccccc3Cl)c3ccc([nH]3)c3ccc([nH]3)c(-c3ccccc3Cl)c3nc(c(-c4ccccc4Cl)c4ccc1[nH]4)C=C3)C=C2. The fraction of sp³-hybridized carbons (Fsp3) is 0. The highest BCUT2D eigenvalue weighted by Gasteiger charge is 2.20. The van der Waals surface area contributed by atoms with Crippen LogP contribution in [0.2, 0.25) is 20.1 Å². The third-order valence-electron chi connectivity index (χ3n) is 10.3. The Bertz CT molecular complexity index is 2990. The summed E-state index contributed by atoms with van der Waals surface area (Å²) in [5, 5.41) is 2.42. The summed E-state index contributed by atoms with van der Waals surface area (Å²) < 4.78 is 0. The smallest absolute Gasteiger partial charge is 0.0737 e. The van der Waals surface area contributed by atoms with Gasteiger partial charge in [-0.15, -0.1) is 0 Å². The van der Waals surface area contributed by atoms with Gasteiger partial charge in [-0.05, 0) is 85.0 Å². The molecule has 9 heteroatoms. The number of aromatic amines is 3. The van der Waals surface area contributed by atoms with Crippen molar-refractivity contribution < 1.29 is 0 Å². The van der Waals surface area contributed by atoms with Crippen LogP contribution in [-0.4, -0.2) is 24.9 Å². The van der Waals surface area contributed by atoms with Crippen molar-refractivity contribution in [1.82, 2.24) is 24.9 Å². The van der Waals surface area contributed by atoms with Gasteiger partial charge in [-0.3, -0.25) is 0 Å². The van der Waals surface area contributed by atoms with Crippen molar-refractivity contribution in [2.75, 3.05) is 0 Å². The summed E-state index contributed by atoms with van der Waals surface area (Å²) in [5.41, 5.74) is 14.9. The maximum Gasteiger partial charge on any atom is 0.0737 e. The van der Waals surface area contributed by atoms with Crippen LogP contribution in [0.4, 0.5) is 0 Å². The second kappa shape index (κ2) is 14.5. The lowest BCUT2D eigenvalue weighted by Crippen LogP contribution is -1.90. The van der Waals surface area contributed by atoms with Crippen LogP contribution in [0.1, 0.15) is 22.8 Å². The van der Waals surface area contributed by atoms with Crippen molar-refractivity contribution in [2.24, 2.45) is 0 Å². The van der Waals surface area contributed by atoms with Crippen LogP contribution in [0.25, 0.3) is 102 Å². The number of fused-ring (bicyclic) bond motifs is 11. The number of nitrogens with one attached hydrogen (secondary N) is 3. The zero-order valence-electron chi connectivity index (χ0n) is 29.9. The zero-order valence-corrected chi connectivity index (χ0v) is 32.9. The first-order valence-electron chi connectivity index (χ1n) is 18.3. The van der Waals surface area contributed by atoms with Crippen LogP contribution in [0.3, 0.4) is 0 Å². The van der Waals surface area contributed by atoms with E-state index >= 15 is 0 Å². The van der Waals surface area contributed by atoms with E-state index in [1.165, 1.54) is 0 Å². The zero-order chi connectivity index (χ0) is 38.6. The molecule has 3 N–H and O–H groups in total. The quantitative estimate of drug-likeness (QED) is 0.165. The summed E-state index contributed by atoms with van der Waals surface area (Å²) in [4.78, 5) is 21.7. The van der Waals surface area contributed by atoms with Crippen molar-refractivity contribution in [1.29, 1.82) is 0 Å². The van der Waals surface area contributed by atoms with Gasteiger partial charge in [0.25, 0.3) is 0 Å². The number of benzene rings is 4. The fourth-order valence-electron chi connectivity index (χ4n) is 7.70. The molecule has 2 aliphatic heterocycles. The lowest BCUT2D eigenvalue weighted by Gasteiger charge is -2.08. The summed E-state index contributed by atoms with van der Waals surface area (Å²) in [7, 11) is 0. The van der Waals surface area contributed by atoms with Gasteiger partial charge in [0.1, 0.15) is 0 Å². The summed E-state index contributed by atoms with van der Waals surface area (Å²) in [6.45, 7) is 0. The first kappa shape index (κ1) is 35.3. The van der Waals surface area contributed by atoms with E-state index in [4.69, 9.17) is 56.4 Å². The average Bonchev–Trinajstić information content (AvgIpc) is 4.08. The lowest BCUT2D eigenvalue weighted by atomic mass is 10.0. The number of hydrogen-bond acceptors (Lipinski definition) is 2. The molecule has 5 nitrogen and oxygen atoms in total. The molecule has 10 rings (SSSR count). The molecule has 8 aromatic rings. The van der Waals surface area contributed by atoms with E-state index in [-0.39, 0.29) is 0 Å². The van der Waals surface area contributed by atoms with E-state index in [1.807, 2.05) is 121 Å². The Labute approximate surface area is 347 Å². The Morgan fingerprint density at radius 1 is 0.281 bits per heavy atom. The highest BCUT2D eigenvalue weighted by Crippen LogP contribution is 2.41. The topological polar surface area (TPSA) is 73.2 Å². The van der Waals surface area contributed by atoms with Crippen LogP contribution in [0, 0.1) is 0 Å². The molecule has 0 amide bonds. The van der Waals surface area contributed by atoms with E-state index in [2.05, 4.69) is 51.4 Å². The molecule has 0 unspecified atom stereocenters. The highest BCUT2D eigenvalue weighted by molar-refractivity contribution is 6.35. The summed E-state index contributed by atoms with van der Waals surface area (Å²) in [6.07, 6.45) is 8.12. The predicted molar refractivity (Wildman–Crippen MR) is 241 cm³/mol. The molecular weight excluding hydrogens is 788 g/mol. The molecule has 2 aliphatic rings. The van der Waals surface area contributed by atoms with Gasteiger partial charge in [0.15, 0.2) is 0 Å². The second-order valence-electron chi connectivity index (χ2n) is 13.7. The third kappa shape index (κ3) is 6.30. The van der Waals surface area contributed by atoms with Crippen molar-refractivity contribution in [2.45, 2.75) is 0 Å². The molecule has 6 heterocycles. The van der Waals surface area contributed by atoms with Crippen molar-refractivity contribution in [3.8, 4) is 44.5 Å². The van der Waals surface area contributed by atoms with E-state index in [1.54, 1.807) is 0 Å². The maximum atomic E-state index is 6.98. The van der Waals surface area contributed by atoms with Gasteiger partial charge in [0.05, 0.1) is 33.8 Å². The largest absolute Gasteiger partial charge is 0.354 e. The molecule has 274 valence electrons. The van der Waals surface area contributed by atoms with Gasteiger partial charge in [0, 0.05) is 86.7 Å². The number of nitrogens with zero attached hydrogens (tertiary/aromatic N) is 2. The molecule has 10 bridgehead atoms. The van der Waals surface area contributed by atoms with Gasteiger partial charge in [-0.2, -0.15) is 0 Å². The number of hydrogen-bond donors (Lipinski definition) is 3. The van der Waals surface area contributed by atoms with Crippen molar-refractivity contribution in [3.05, 3.63) is 176 Å². The minimum absolute atomic E-state index is 0.598. The van der Waals surface area contributed by atoms with Crippen LogP contribution in [0.15, 0.2) is 133 Å². The fourth-order valence-corrected chi connectivity index (χ4v) is 8.62. The first-order chi connectivity index (χ1) is 27.9. The summed E-state index contributed by atoms with van der Waals surface area (Å²) >= 11 is 27.8. The molecule has 0 spiro atoms. The lowest BCUT2D eigenvalue weighted by molar-refractivity contribution is 1.31. The monoisotopic (exact) mass is 815 g/mol. The van der Waals surface area contributed by atoms with Crippen LogP contribution in [-0.2, 0) is 0 Å². The first-order valence-corrected chi connectivity index (χ1v) is 19.8. The number of H-pyrrole nitrogens is 3. The molecular formula is C48H29Cl4N5. The molecule has 0 saturated heterocycles. The van der Waals surface area contributed by atoms with Gasteiger partial charge in [-0.1, -0.05) is 119 Å². The summed E-state index contributed by atoms with van der Waals surface area (Å²) in [5.74, 6) is 0. The van der Waals surface area contributed by atoms with Gasteiger partial charge in [-0.25, -0.2) is 9.97 Å². The van der Waals surface area contributed by atoms with E-state index in [0.29, 0.717) is 20.1 Å². The molecule has 0 saturated carbocycles. The van der Waals surface area contributed by atoms with Crippen molar-refractivity contribution in [3.63, 3.8) is 0 Å². The summed E-state index contributed by atoms with van der Waals surface area (Å²) in [6, 6.07) is 43.6. The molecule has 4 aromatic carbocycles. The molecule has 0 radical (unpaired) electrons. The number of aromatic nitrogens is 5. The maximum absolute atomic E-state index is 6.98. The molecule has 57 heavy (non-hydrogen) atoms. The number of halogens is 4. The van der Waals surface area contributed by atoms with Gasteiger partial charge >= 0.3 is 0 Å². The Hall–Kier alpha value is -6.08. The van der Waals surface area contributed by atoms with Crippen LogP contribution in [0.5, 0.6) is 0 Å². The third-order valence-corrected chi connectivity index (χ3v) is 11.6. The molecule has 0 atom stereocenters. The average molecular weight is 818 g/mol. The molecule has 0 aliphatic carbocycles. The highest BCUT2D eigenvalue weighted by atomic mass is 35.5. The Morgan fingerprint density at radius 2 is 0.509 bits per heavy atom. The Kier molecular flexibility index (Phi) is 8.96.